The van der Waals surface area contributed by atoms with Crippen LogP contribution in [0.3, 0.4) is 0 Å². The summed E-state index contributed by atoms with van der Waals surface area (Å²) in [5.41, 5.74) is 3.61. The number of nitrogens with zero attached hydrogens (tertiary/aromatic N) is 2. The molecule has 0 bridgehead atoms. The Morgan fingerprint density at radius 3 is 2.79 bits per heavy atom. The van der Waals surface area contributed by atoms with Crippen LogP contribution in [-0.2, 0) is 4.79 Å². The van der Waals surface area contributed by atoms with Crippen LogP contribution in [0.1, 0.15) is 24.8 Å². The van der Waals surface area contributed by atoms with Crippen LogP contribution in [0.15, 0.2) is 47.4 Å². The molecule has 3 heterocycles. The van der Waals surface area contributed by atoms with Crippen LogP contribution < -0.4 is 10.9 Å². The number of nitrogens with one attached hydrogen (secondary N) is 2. The van der Waals surface area contributed by atoms with Gasteiger partial charge in [0.1, 0.15) is 0 Å². The molecule has 1 fully saturated rings. The number of hydrogen-bond donors (Lipinski definition) is 2. The van der Waals surface area contributed by atoms with Crippen LogP contribution in [0.5, 0.6) is 0 Å². The molecule has 1 amide bonds. The van der Waals surface area contributed by atoms with Crippen molar-refractivity contribution in [1.82, 2.24) is 14.9 Å². The number of likely N-dealkylation sites (tertiary alicyclic amines) is 1. The first-order chi connectivity index (χ1) is 13.6. The van der Waals surface area contributed by atoms with Crippen molar-refractivity contribution in [3.63, 3.8) is 0 Å². The summed E-state index contributed by atoms with van der Waals surface area (Å²) in [4.78, 5) is 34.0. The van der Waals surface area contributed by atoms with Gasteiger partial charge in [0.15, 0.2) is 0 Å². The van der Waals surface area contributed by atoms with Gasteiger partial charge >= 0.3 is 0 Å². The molecular formula is C22H24N4O2. The SMILES string of the molecule is Cc1cc(-c2ccc[nH]c2=O)nc2ccc(NC(=O)CN3CCCCC3)cc12. The molecule has 4 rings (SSSR count). The van der Waals surface area contributed by atoms with Crippen LogP contribution in [0, 0.1) is 6.92 Å². The molecule has 0 radical (unpaired) electrons. The summed E-state index contributed by atoms with van der Waals surface area (Å²) < 4.78 is 0. The molecule has 1 aromatic carbocycles. The van der Waals surface area contributed by atoms with E-state index in [0.717, 1.165) is 35.2 Å². The van der Waals surface area contributed by atoms with Crippen molar-refractivity contribution in [3.8, 4) is 11.3 Å². The van der Waals surface area contributed by atoms with Crippen molar-refractivity contribution in [2.24, 2.45) is 0 Å². The minimum Gasteiger partial charge on any atom is -0.329 e. The number of hydrogen-bond acceptors (Lipinski definition) is 4. The number of rotatable bonds is 4. The number of aryl methyl sites for hydroxylation is 1. The molecule has 3 aromatic rings. The van der Waals surface area contributed by atoms with Crippen molar-refractivity contribution < 1.29 is 4.79 Å². The number of aromatic nitrogens is 2. The fourth-order valence-electron chi connectivity index (χ4n) is 3.75. The molecule has 0 aliphatic carbocycles. The maximum Gasteiger partial charge on any atom is 0.257 e. The van der Waals surface area contributed by atoms with E-state index in [1.54, 1.807) is 18.3 Å². The second-order valence-corrected chi connectivity index (χ2v) is 7.35. The molecule has 0 unspecified atom stereocenters. The quantitative estimate of drug-likeness (QED) is 0.732. The van der Waals surface area contributed by atoms with Crippen LogP contribution in [0.2, 0.25) is 0 Å². The Hall–Kier alpha value is -2.99. The van der Waals surface area contributed by atoms with Gasteiger partial charge in [-0.1, -0.05) is 6.42 Å². The third kappa shape index (κ3) is 3.97. The van der Waals surface area contributed by atoms with Gasteiger partial charge in [-0.2, -0.15) is 0 Å². The van der Waals surface area contributed by atoms with E-state index in [4.69, 9.17) is 0 Å². The van der Waals surface area contributed by atoms with Crippen molar-refractivity contribution in [2.45, 2.75) is 26.2 Å². The maximum absolute atomic E-state index is 12.4. The molecular weight excluding hydrogens is 352 g/mol. The lowest BCUT2D eigenvalue weighted by Crippen LogP contribution is -2.36. The van der Waals surface area contributed by atoms with Gasteiger partial charge < -0.3 is 10.3 Å². The fourth-order valence-corrected chi connectivity index (χ4v) is 3.75. The molecule has 2 N–H and O–H groups in total. The number of carbonyl (C=O) groups is 1. The number of anilines is 1. The molecule has 144 valence electrons. The Labute approximate surface area is 163 Å². The topological polar surface area (TPSA) is 78.1 Å². The van der Waals surface area contributed by atoms with Gasteiger partial charge in [-0.15, -0.1) is 0 Å². The van der Waals surface area contributed by atoms with Gasteiger partial charge in [0.05, 0.1) is 23.3 Å². The Bertz CT molecular complexity index is 1070. The van der Waals surface area contributed by atoms with E-state index in [9.17, 15) is 9.59 Å². The third-order valence-corrected chi connectivity index (χ3v) is 5.21. The van der Waals surface area contributed by atoms with Crippen molar-refractivity contribution >= 4 is 22.5 Å². The van der Waals surface area contributed by atoms with Crippen molar-refractivity contribution in [1.29, 1.82) is 0 Å². The van der Waals surface area contributed by atoms with E-state index in [2.05, 4.69) is 20.2 Å². The van der Waals surface area contributed by atoms with E-state index in [-0.39, 0.29) is 11.5 Å². The van der Waals surface area contributed by atoms with Gasteiger partial charge in [-0.3, -0.25) is 14.5 Å². The second kappa shape index (κ2) is 7.94. The summed E-state index contributed by atoms with van der Waals surface area (Å²) in [6.45, 7) is 4.42. The number of amides is 1. The number of piperidine rings is 1. The smallest absolute Gasteiger partial charge is 0.257 e. The first kappa shape index (κ1) is 18.4. The number of fused-ring (bicyclic) bond motifs is 1. The summed E-state index contributed by atoms with van der Waals surface area (Å²) in [5, 5.41) is 3.97. The monoisotopic (exact) mass is 376 g/mol. The number of H-pyrrole nitrogens is 1. The molecule has 0 atom stereocenters. The predicted molar refractivity (Wildman–Crippen MR) is 111 cm³/mol. The summed E-state index contributed by atoms with van der Waals surface area (Å²) in [7, 11) is 0. The lowest BCUT2D eigenvalue weighted by Gasteiger charge is -2.25. The highest BCUT2D eigenvalue weighted by atomic mass is 16.2. The molecule has 1 aliphatic heterocycles. The van der Waals surface area contributed by atoms with Gasteiger partial charge in [-0.05, 0) is 74.8 Å². The molecule has 6 heteroatoms. The summed E-state index contributed by atoms with van der Waals surface area (Å²) in [6.07, 6.45) is 5.20. The first-order valence-corrected chi connectivity index (χ1v) is 9.72. The zero-order valence-corrected chi connectivity index (χ0v) is 16.0. The van der Waals surface area contributed by atoms with Gasteiger partial charge in [-0.25, -0.2) is 4.98 Å². The first-order valence-electron chi connectivity index (χ1n) is 9.72. The Balaban J connectivity index is 1.56. The summed E-state index contributed by atoms with van der Waals surface area (Å²) in [6, 6.07) is 11.2. The normalized spacial score (nSPS) is 14.9. The highest BCUT2D eigenvalue weighted by Gasteiger charge is 2.14. The van der Waals surface area contributed by atoms with Crippen LogP contribution in [0.4, 0.5) is 5.69 Å². The van der Waals surface area contributed by atoms with E-state index in [1.165, 1.54) is 19.3 Å². The summed E-state index contributed by atoms with van der Waals surface area (Å²) >= 11 is 0. The average Bonchev–Trinajstić information content (AvgIpc) is 2.69. The largest absolute Gasteiger partial charge is 0.329 e. The number of aromatic amines is 1. The Morgan fingerprint density at radius 2 is 2.00 bits per heavy atom. The second-order valence-electron chi connectivity index (χ2n) is 7.35. The zero-order chi connectivity index (χ0) is 19.5. The third-order valence-electron chi connectivity index (χ3n) is 5.21. The van der Waals surface area contributed by atoms with Crippen LogP contribution in [-0.4, -0.2) is 40.4 Å². The number of carbonyl (C=O) groups excluding carboxylic acids is 1. The van der Waals surface area contributed by atoms with E-state index >= 15 is 0 Å². The molecule has 1 aliphatic rings. The Kier molecular flexibility index (Phi) is 5.21. The lowest BCUT2D eigenvalue weighted by molar-refractivity contribution is -0.117. The fraction of sp³-hybridized carbons (Fsp3) is 0.318. The molecule has 0 saturated carbocycles. The molecule has 28 heavy (non-hydrogen) atoms. The highest BCUT2D eigenvalue weighted by molar-refractivity contribution is 5.95. The Morgan fingerprint density at radius 1 is 1.18 bits per heavy atom. The molecule has 0 spiro atoms. The van der Waals surface area contributed by atoms with Crippen molar-refractivity contribution in [3.05, 3.63) is 58.5 Å². The van der Waals surface area contributed by atoms with Crippen molar-refractivity contribution in [2.75, 3.05) is 25.0 Å². The van der Waals surface area contributed by atoms with Gasteiger partial charge in [0.25, 0.3) is 5.56 Å². The lowest BCUT2D eigenvalue weighted by atomic mass is 10.1. The highest BCUT2D eigenvalue weighted by Crippen LogP contribution is 2.25. The van der Waals surface area contributed by atoms with Crippen LogP contribution >= 0.6 is 0 Å². The average molecular weight is 376 g/mol. The predicted octanol–water partition coefficient (Wildman–Crippen LogP) is 3.32. The van der Waals surface area contributed by atoms with Gasteiger partial charge in [0.2, 0.25) is 5.91 Å². The summed E-state index contributed by atoms with van der Waals surface area (Å²) in [5.74, 6) is 0.0132. The van der Waals surface area contributed by atoms with E-state index < -0.39 is 0 Å². The van der Waals surface area contributed by atoms with Gasteiger partial charge in [0, 0.05) is 17.3 Å². The van der Waals surface area contributed by atoms with E-state index in [1.807, 2.05) is 31.2 Å². The maximum atomic E-state index is 12.4. The van der Waals surface area contributed by atoms with Crippen LogP contribution in [0.25, 0.3) is 22.2 Å². The standard InChI is InChI=1S/C22H24N4O2/c1-15-12-20(17-6-5-9-23-22(17)28)25-19-8-7-16(13-18(15)19)24-21(27)14-26-10-3-2-4-11-26/h5-9,12-13H,2-4,10-11,14H2,1H3,(H,23,28)(H,24,27). The number of pyridine rings is 2. The molecule has 1 saturated heterocycles. The number of benzene rings is 1. The van der Waals surface area contributed by atoms with E-state index in [0.29, 0.717) is 17.8 Å². The minimum absolute atomic E-state index is 0.0132. The zero-order valence-electron chi connectivity index (χ0n) is 16.0. The molecule has 2 aromatic heterocycles. The minimum atomic E-state index is -0.157. The molecule has 6 nitrogen and oxygen atoms in total.